The predicted molar refractivity (Wildman–Crippen MR) is 70.2 cm³/mol. The molecule has 2 amide bonds. The monoisotopic (exact) mass is 249 g/mol. The average molecular weight is 249 g/mol. The number of morpholine rings is 1. The maximum atomic E-state index is 12.0. The quantitative estimate of drug-likeness (QED) is 0.778. The summed E-state index contributed by atoms with van der Waals surface area (Å²) in [7, 11) is 0. The second kappa shape index (κ2) is 5.73. The van der Waals surface area contributed by atoms with Crippen LogP contribution < -0.4 is 11.1 Å². The van der Waals surface area contributed by atoms with Crippen molar-refractivity contribution in [3.05, 3.63) is 29.8 Å². The number of carbonyl (C=O) groups is 1. The number of benzene rings is 1. The molecular formula is C13H19N3O2. The van der Waals surface area contributed by atoms with E-state index in [-0.39, 0.29) is 12.1 Å². The lowest BCUT2D eigenvalue weighted by atomic mass is 10.1. The van der Waals surface area contributed by atoms with Crippen LogP contribution in [-0.2, 0) is 4.74 Å². The van der Waals surface area contributed by atoms with Crippen LogP contribution >= 0.6 is 0 Å². The summed E-state index contributed by atoms with van der Waals surface area (Å²) in [6.45, 7) is 4.47. The molecule has 1 aromatic rings. The minimum atomic E-state index is -0.0520. The molecule has 18 heavy (non-hydrogen) atoms. The van der Waals surface area contributed by atoms with E-state index in [0.29, 0.717) is 32.0 Å². The van der Waals surface area contributed by atoms with E-state index in [1.54, 1.807) is 4.90 Å². The van der Waals surface area contributed by atoms with Crippen molar-refractivity contribution in [1.82, 2.24) is 10.2 Å². The minimum Gasteiger partial charge on any atom is -0.399 e. The predicted octanol–water partition coefficient (Wildman–Crippen LogP) is 1.37. The van der Waals surface area contributed by atoms with Crippen LogP contribution in [0.1, 0.15) is 18.5 Å². The van der Waals surface area contributed by atoms with Crippen molar-refractivity contribution >= 4 is 11.7 Å². The summed E-state index contributed by atoms with van der Waals surface area (Å²) in [6, 6.07) is 7.46. The summed E-state index contributed by atoms with van der Waals surface area (Å²) in [4.78, 5) is 13.8. The second-order valence-corrected chi connectivity index (χ2v) is 4.44. The summed E-state index contributed by atoms with van der Waals surface area (Å²) in [5, 5.41) is 2.97. The van der Waals surface area contributed by atoms with Crippen LogP contribution in [0.2, 0.25) is 0 Å². The minimum absolute atomic E-state index is 0.0479. The van der Waals surface area contributed by atoms with Gasteiger partial charge in [0.2, 0.25) is 0 Å². The highest BCUT2D eigenvalue weighted by atomic mass is 16.5. The number of urea groups is 1. The van der Waals surface area contributed by atoms with Crippen molar-refractivity contribution in [2.45, 2.75) is 13.0 Å². The molecule has 0 spiro atoms. The molecule has 3 N–H and O–H groups in total. The lowest BCUT2D eigenvalue weighted by Gasteiger charge is -2.28. The highest BCUT2D eigenvalue weighted by Crippen LogP contribution is 2.15. The number of carbonyl (C=O) groups excluding carboxylic acids is 1. The van der Waals surface area contributed by atoms with Gasteiger partial charge in [0.25, 0.3) is 0 Å². The van der Waals surface area contributed by atoms with E-state index in [4.69, 9.17) is 10.5 Å². The van der Waals surface area contributed by atoms with E-state index in [1.807, 2.05) is 31.2 Å². The zero-order valence-corrected chi connectivity index (χ0v) is 10.6. The normalized spacial score (nSPS) is 17.3. The van der Waals surface area contributed by atoms with Crippen LogP contribution in [0.3, 0.4) is 0 Å². The molecule has 1 aromatic carbocycles. The number of anilines is 1. The number of ether oxygens (including phenoxy) is 1. The van der Waals surface area contributed by atoms with Crippen molar-refractivity contribution in [1.29, 1.82) is 0 Å². The maximum absolute atomic E-state index is 12.0. The largest absolute Gasteiger partial charge is 0.399 e. The SMILES string of the molecule is CC(NC(=O)N1CCOCC1)c1cccc(N)c1. The number of amides is 2. The van der Waals surface area contributed by atoms with Crippen LogP contribution in [-0.4, -0.2) is 37.2 Å². The molecule has 5 nitrogen and oxygen atoms in total. The maximum Gasteiger partial charge on any atom is 0.318 e. The number of nitrogens with two attached hydrogens (primary N) is 1. The third kappa shape index (κ3) is 3.13. The van der Waals surface area contributed by atoms with Crippen LogP contribution in [0.4, 0.5) is 10.5 Å². The van der Waals surface area contributed by atoms with Crippen molar-refractivity contribution in [3.8, 4) is 0 Å². The van der Waals surface area contributed by atoms with Crippen molar-refractivity contribution in [3.63, 3.8) is 0 Å². The molecule has 1 fully saturated rings. The first-order chi connectivity index (χ1) is 8.66. The Hall–Kier alpha value is -1.75. The summed E-state index contributed by atoms with van der Waals surface area (Å²) < 4.78 is 5.22. The molecule has 1 saturated heterocycles. The van der Waals surface area contributed by atoms with E-state index in [9.17, 15) is 4.79 Å². The topological polar surface area (TPSA) is 67.6 Å². The fraction of sp³-hybridized carbons (Fsp3) is 0.462. The Morgan fingerprint density at radius 1 is 1.44 bits per heavy atom. The first kappa shape index (κ1) is 12.7. The first-order valence-corrected chi connectivity index (χ1v) is 6.15. The van der Waals surface area contributed by atoms with E-state index < -0.39 is 0 Å². The Balaban J connectivity index is 1.94. The van der Waals surface area contributed by atoms with Gasteiger partial charge >= 0.3 is 6.03 Å². The molecule has 0 aliphatic carbocycles. The van der Waals surface area contributed by atoms with Gasteiger partial charge in [0.1, 0.15) is 0 Å². The lowest BCUT2D eigenvalue weighted by molar-refractivity contribution is 0.0526. The Kier molecular flexibility index (Phi) is 4.04. The molecule has 0 aromatic heterocycles. The Morgan fingerprint density at radius 3 is 2.83 bits per heavy atom. The van der Waals surface area contributed by atoms with E-state index in [2.05, 4.69) is 5.32 Å². The number of hydrogen-bond donors (Lipinski definition) is 2. The fourth-order valence-electron chi connectivity index (χ4n) is 1.95. The highest BCUT2D eigenvalue weighted by Gasteiger charge is 2.18. The third-order valence-corrected chi connectivity index (χ3v) is 3.05. The second-order valence-electron chi connectivity index (χ2n) is 4.44. The Bertz CT molecular complexity index is 416. The molecule has 1 atom stereocenters. The molecule has 1 heterocycles. The van der Waals surface area contributed by atoms with Crippen molar-refractivity contribution in [2.75, 3.05) is 32.0 Å². The number of hydrogen-bond acceptors (Lipinski definition) is 3. The molecule has 0 saturated carbocycles. The number of nitrogens with zero attached hydrogens (tertiary/aromatic N) is 1. The van der Waals surface area contributed by atoms with Crippen LogP contribution in [0.5, 0.6) is 0 Å². The zero-order valence-electron chi connectivity index (χ0n) is 10.6. The molecule has 5 heteroatoms. The molecule has 2 rings (SSSR count). The molecule has 1 unspecified atom stereocenters. The first-order valence-electron chi connectivity index (χ1n) is 6.15. The van der Waals surface area contributed by atoms with Gasteiger partial charge in [0, 0.05) is 18.8 Å². The molecule has 1 aliphatic heterocycles. The number of nitrogens with one attached hydrogen (secondary N) is 1. The number of rotatable bonds is 2. The molecule has 0 bridgehead atoms. The molecular weight excluding hydrogens is 230 g/mol. The van der Waals surface area contributed by atoms with Crippen LogP contribution in [0.15, 0.2) is 24.3 Å². The van der Waals surface area contributed by atoms with Crippen LogP contribution in [0.25, 0.3) is 0 Å². The highest BCUT2D eigenvalue weighted by molar-refractivity contribution is 5.74. The summed E-state index contributed by atoms with van der Waals surface area (Å²) in [5.74, 6) is 0. The average Bonchev–Trinajstić information content (AvgIpc) is 2.39. The Morgan fingerprint density at radius 2 is 2.17 bits per heavy atom. The van der Waals surface area contributed by atoms with Gasteiger partial charge in [-0.25, -0.2) is 4.79 Å². The zero-order chi connectivity index (χ0) is 13.0. The standard InChI is InChI=1S/C13H19N3O2/c1-10(11-3-2-4-12(14)9-11)15-13(17)16-5-7-18-8-6-16/h2-4,9-10H,5-8,14H2,1H3,(H,15,17). The summed E-state index contributed by atoms with van der Waals surface area (Å²) >= 11 is 0. The molecule has 1 aliphatic rings. The van der Waals surface area contributed by atoms with Crippen molar-refractivity contribution in [2.24, 2.45) is 0 Å². The van der Waals surface area contributed by atoms with E-state index >= 15 is 0 Å². The molecule has 98 valence electrons. The van der Waals surface area contributed by atoms with Gasteiger partial charge in [0.15, 0.2) is 0 Å². The van der Waals surface area contributed by atoms with Gasteiger partial charge in [-0.05, 0) is 24.6 Å². The summed E-state index contributed by atoms with van der Waals surface area (Å²) in [6.07, 6.45) is 0. The summed E-state index contributed by atoms with van der Waals surface area (Å²) in [5.41, 5.74) is 7.45. The Labute approximate surface area is 107 Å². The van der Waals surface area contributed by atoms with Crippen molar-refractivity contribution < 1.29 is 9.53 Å². The fourth-order valence-corrected chi connectivity index (χ4v) is 1.95. The van der Waals surface area contributed by atoms with Gasteiger partial charge < -0.3 is 20.7 Å². The third-order valence-electron chi connectivity index (χ3n) is 3.05. The van der Waals surface area contributed by atoms with E-state index in [0.717, 1.165) is 5.56 Å². The number of nitrogen functional groups attached to an aromatic ring is 1. The molecule has 0 radical (unpaired) electrons. The van der Waals surface area contributed by atoms with Crippen LogP contribution in [0, 0.1) is 0 Å². The van der Waals surface area contributed by atoms with Gasteiger partial charge in [-0.3, -0.25) is 0 Å². The van der Waals surface area contributed by atoms with E-state index in [1.165, 1.54) is 0 Å². The smallest absolute Gasteiger partial charge is 0.318 e. The lowest BCUT2D eigenvalue weighted by Crippen LogP contribution is -2.46. The van der Waals surface area contributed by atoms with Gasteiger partial charge in [-0.15, -0.1) is 0 Å². The van der Waals surface area contributed by atoms with Gasteiger partial charge in [0.05, 0.1) is 19.3 Å². The van der Waals surface area contributed by atoms with Gasteiger partial charge in [-0.2, -0.15) is 0 Å². The van der Waals surface area contributed by atoms with Gasteiger partial charge in [-0.1, -0.05) is 12.1 Å².